The summed E-state index contributed by atoms with van der Waals surface area (Å²) in [6.07, 6.45) is -1.04. The maximum Gasteiger partial charge on any atom is 0.389 e. The van der Waals surface area contributed by atoms with Gasteiger partial charge in [-0.1, -0.05) is 6.92 Å². The Balaban J connectivity index is 1.74. The van der Waals surface area contributed by atoms with Gasteiger partial charge in [-0.3, -0.25) is 9.48 Å². The average molecular weight is 506 g/mol. The zero-order chi connectivity index (χ0) is 25.9. The van der Waals surface area contributed by atoms with Crippen molar-refractivity contribution >= 4 is 34.7 Å². The van der Waals surface area contributed by atoms with Crippen LogP contribution in [0.3, 0.4) is 0 Å². The number of aryl methyl sites for hydroxylation is 3. The van der Waals surface area contributed by atoms with E-state index in [4.69, 9.17) is 15.7 Å². The Morgan fingerprint density at radius 3 is 2.75 bits per heavy atom. The third kappa shape index (κ3) is 6.00. The minimum Gasteiger partial charge on any atom is -0.369 e. The molecule has 1 amide bonds. The first kappa shape index (κ1) is 25.6. The molecule has 0 aromatic carbocycles. The SMILES string of the molecule is CCc1nn(CCCCC(F)(F)F)c2c(Nc3nccc(C)n3)nc(N3CCCC(C(N)=O)C3)nc12. The number of rotatable bonds is 9. The van der Waals surface area contributed by atoms with E-state index in [0.717, 1.165) is 12.1 Å². The van der Waals surface area contributed by atoms with Crippen molar-refractivity contribution in [3.8, 4) is 0 Å². The lowest BCUT2D eigenvalue weighted by molar-refractivity contribution is -0.135. The Morgan fingerprint density at radius 2 is 2.06 bits per heavy atom. The van der Waals surface area contributed by atoms with Gasteiger partial charge in [-0.2, -0.15) is 23.3 Å². The molecule has 1 fully saturated rings. The number of fused-ring (bicyclic) bond motifs is 1. The van der Waals surface area contributed by atoms with Crippen LogP contribution in [0.15, 0.2) is 12.3 Å². The van der Waals surface area contributed by atoms with Crippen LogP contribution in [0.4, 0.5) is 30.9 Å². The van der Waals surface area contributed by atoms with Crippen LogP contribution in [-0.2, 0) is 17.8 Å². The second-order valence-corrected chi connectivity index (χ2v) is 9.00. The smallest absolute Gasteiger partial charge is 0.369 e. The zero-order valence-corrected chi connectivity index (χ0v) is 20.3. The van der Waals surface area contributed by atoms with Crippen molar-refractivity contribution in [3.05, 3.63) is 23.7 Å². The standard InChI is InChI=1S/C23H30F3N9O/c1-3-16-17-18(35(33-16)12-5-4-9-23(24,25)26)20(31-21-28-10-8-14(2)29-21)32-22(30-17)34-11-6-7-15(13-34)19(27)36/h8,10,15H,3-7,9,11-13H2,1-2H3,(H2,27,36)(H,28,29,30,31,32). The predicted octanol–water partition coefficient (Wildman–Crippen LogP) is 3.67. The Hall–Kier alpha value is -3.51. The van der Waals surface area contributed by atoms with E-state index in [-0.39, 0.29) is 24.8 Å². The molecule has 3 aromatic rings. The number of hydrogen-bond donors (Lipinski definition) is 2. The number of alkyl halides is 3. The minimum atomic E-state index is -4.19. The number of anilines is 3. The molecule has 0 saturated carbocycles. The van der Waals surface area contributed by atoms with Crippen molar-refractivity contribution in [3.63, 3.8) is 0 Å². The zero-order valence-electron chi connectivity index (χ0n) is 20.3. The summed E-state index contributed by atoms with van der Waals surface area (Å²) in [7, 11) is 0. The molecule has 3 N–H and O–H groups in total. The van der Waals surface area contributed by atoms with E-state index in [1.165, 1.54) is 0 Å². The largest absolute Gasteiger partial charge is 0.389 e. The number of aromatic nitrogens is 6. The van der Waals surface area contributed by atoms with Crippen LogP contribution in [0.25, 0.3) is 11.0 Å². The van der Waals surface area contributed by atoms with Gasteiger partial charge in [0.1, 0.15) is 11.0 Å². The molecule has 0 radical (unpaired) electrons. The molecule has 3 aromatic heterocycles. The lowest BCUT2D eigenvalue weighted by Gasteiger charge is -2.31. The highest BCUT2D eigenvalue weighted by atomic mass is 19.4. The molecule has 13 heteroatoms. The predicted molar refractivity (Wildman–Crippen MR) is 129 cm³/mol. The van der Waals surface area contributed by atoms with Crippen molar-refractivity contribution in [1.82, 2.24) is 29.7 Å². The summed E-state index contributed by atoms with van der Waals surface area (Å²) in [5.74, 6) is 0.516. The van der Waals surface area contributed by atoms with Gasteiger partial charge in [0, 0.05) is 37.9 Å². The highest BCUT2D eigenvalue weighted by molar-refractivity contribution is 5.90. The van der Waals surface area contributed by atoms with E-state index in [2.05, 4.69) is 20.4 Å². The summed E-state index contributed by atoms with van der Waals surface area (Å²) < 4.78 is 39.6. The minimum absolute atomic E-state index is 0.00269. The van der Waals surface area contributed by atoms with Gasteiger partial charge in [0.25, 0.3) is 0 Å². The van der Waals surface area contributed by atoms with Gasteiger partial charge in [0.15, 0.2) is 5.82 Å². The van der Waals surface area contributed by atoms with Crippen LogP contribution < -0.4 is 16.0 Å². The van der Waals surface area contributed by atoms with Crippen molar-refractivity contribution in [1.29, 1.82) is 0 Å². The maximum absolute atomic E-state index is 12.6. The quantitative estimate of drug-likeness (QED) is 0.422. The Morgan fingerprint density at radius 1 is 1.25 bits per heavy atom. The summed E-state index contributed by atoms with van der Waals surface area (Å²) >= 11 is 0. The number of primary amides is 1. The molecule has 0 aliphatic carbocycles. The summed E-state index contributed by atoms with van der Waals surface area (Å²) in [6.45, 7) is 5.15. The summed E-state index contributed by atoms with van der Waals surface area (Å²) in [6, 6.07) is 1.77. The normalized spacial score (nSPS) is 16.5. The van der Waals surface area contributed by atoms with Gasteiger partial charge in [0.2, 0.25) is 17.8 Å². The summed E-state index contributed by atoms with van der Waals surface area (Å²) in [4.78, 5) is 32.0. The summed E-state index contributed by atoms with van der Waals surface area (Å²) in [5, 5.41) is 7.81. The first-order valence-corrected chi connectivity index (χ1v) is 12.1. The Kier molecular flexibility index (Phi) is 7.55. The maximum atomic E-state index is 12.6. The fraction of sp³-hybridized carbons (Fsp3) is 0.565. The fourth-order valence-electron chi connectivity index (χ4n) is 4.35. The number of unbranched alkanes of at least 4 members (excludes halogenated alkanes) is 1. The monoisotopic (exact) mass is 505 g/mol. The molecular weight excluding hydrogens is 475 g/mol. The lowest BCUT2D eigenvalue weighted by atomic mass is 9.98. The van der Waals surface area contributed by atoms with Gasteiger partial charge in [-0.05, 0) is 45.1 Å². The van der Waals surface area contributed by atoms with Gasteiger partial charge in [-0.25, -0.2) is 15.0 Å². The van der Waals surface area contributed by atoms with Crippen LogP contribution in [0, 0.1) is 12.8 Å². The number of carbonyl (C=O) groups is 1. The van der Waals surface area contributed by atoms with E-state index in [9.17, 15) is 18.0 Å². The van der Waals surface area contributed by atoms with Crippen molar-refractivity contribution in [2.45, 2.75) is 65.1 Å². The molecule has 1 saturated heterocycles. The van der Waals surface area contributed by atoms with Crippen LogP contribution in [0.5, 0.6) is 0 Å². The van der Waals surface area contributed by atoms with Gasteiger partial charge in [0.05, 0.1) is 11.6 Å². The van der Waals surface area contributed by atoms with Gasteiger partial charge >= 0.3 is 6.18 Å². The molecular formula is C23H30F3N9O. The van der Waals surface area contributed by atoms with Crippen molar-refractivity contribution < 1.29 is 18.0 Å². The molecule has 1 aliphatic rings. The average Bonchev–Trinajstić information content (AvgIpc) is 3.19. The number of piperidine rings is 1. The van der Waals surface area contributed by atoms with E-state index < -0.39 is 12.6 Å². The molecule has 1 unspecified atom stereocenters. The molecule has 4 heterocycles. The van der Waals surface area contributed by atoms with E-state index in [0.29, 0.717) is 66.8 Å². The molecule has 194 valence electrons. The van der Waals surface area contributed by atoms with E-state index in [1.54, 1.807) is 16.9 Å². The molecule has 36 heavy (non-hydrogen) atoms. The topological polar surface area (TPSA) is 128 Å². The number of carbonyl (C=O) groups excluding carboxylic acids is 1. The van der Waals surface area contributed by atoms with E-state index >= 15 is 0 Å². The molecule has 10 nitrogen and oxygen atoms in total. The molecule has 0 bridgehead atoms. The molecule has 1 aliphatic heterocycles. The van der Waals surface area contributed by atoms with Crippen molar-refractivity contribution in [2.24, 2.45) is 11.7 Å². The summed E-state index contributed by atoms with van der Waals surface area (Å²) in [5.41, 5.74) is 8.21. The third-order valence-electron chi connectivity index (χ3n) is 6.19. The number of nitrogens with one attached hydrogen (secondary N) is 1. The number of nitrogens with two attached hydrogens (primary N) is 1. The van der Waals surface area contributed by atoms with Gasteiger partial charge < -0.3 is 16.0 Å². The van der Waals surface area contributed by atoms with Crippen molar-refractivity contribution in [2.75, 3.05) is 23.3 Å². The van der Waals surface area contributed by atoms with E-state index in [1.807, 2.05) is 18.7 Å². The first-order chi connectivity index (χ1) is 17.1. The first-order valence-electron chi connectivity index (χ1n) is 12.1. The highest BCUT2D eigenvalue weighted by Crippen LogP contribution is 2.31. The number of nitrogens with zero attached hydrogens (tertiary/aromatic N) is 7. The van der Waals surface area contributed by atoms with Crippen LogP contribution in [0.2, 0.25) is 0 Å². The highest BCUT2D eigenvalue weighted by Gasteiger charge is 2.28. The molecule has 0 spiro atoms. The number of halogens is 3. The lowest BCUT2D eigenvalue weighted by Crippen LogP contribution is -2.42. The third-order valence-corrected chi connectivity index (χ3v) is 6.19. The second-order valence-electron chi connectivity index (χ2n) is 9.00. The van der Waals surface area contributed by atoms with Crippen LogP contribution >= 0.6 is 0 Å². The Bertz CT molecular complexity index is 1230. The second kappa shape index (κ2) is 10.6. The Labute approximate surface area is 206 Å². The molecule has 1 atom stereocenters. The van der Waals surface area contributed by atoms with Crippen LogP contribution in [-0.4, -0.2) is 54.9 Å². The van der Waals surface area contributed by atoms with Gasteiger partial charge in [-0.15, -0.1) is 0 Å². The number of hydrogen-bond acceptors (Lipinski definition) is 8. The van der Waals surface area contributed by atoms with Crippen LogP contribution in [0.1, 0.15) is 50.4 Å². The fourth-order valence-corrected chi connectivity index (χ4v) is 4.35. The molecule has 4 rings (SSSR count). The number of amides is 1.